The maximum absolute atomic E-state index is 12.6. The molecule has 6 heterocycles. The lowest BCUT2D eigenvalue weighted by molar-refractivity contribution is -0.135. The SMILES string of the molecule is [2H]C(=C1C(=O)N(C)C(=O)N(C)C1=O)c1ccc(-c2cc3sc(-c4ccc(C([2H])=C5C(=O)N(C)C(=O)N(C)C5=O)s4)cc3s2)s1. The van der Waals surface area contributed by atoms with Gasteiger partial charge in [0.05, 0.1) is 2.74 Å². The average molecular weight is 639 g/mol. The molecule has 2 saturated heterocycles. The molecule has 6 rings (SSSR count). The Balaban J connectivity index is 1.27. The van der Waals surface area contributed by atoms with Crippen LogP contribution in [-0.4, -0.2) is 83.5 Å². The van der Waals surface area contributed by atoms with Gasteiger partial charge in [-0.25, -0.2) is 9.59 Å². The van der Waals surface area contributed by atoms with Gasteiger partial charge in [0.2, 0.25) is 0 Å². The molecule has 2 fully saturated rings. The molecule has 0 aromatic carbocycles. The number of hydrogen-bond acceptors (Lipinski definition) is 10. The zero-order chi connectivity index (χ0) is 31.8. The standard InChI is InChI=1S/C28H20N4O6S4/c1-29-23(33)15(24(34)30(2)27(29)37)9-13-5-7-17(39-13)19-11-21-22(41-19)12-20(42-21)18-8-6-14(40-18)10-16-25(35)31(3)28(38)32(4)26(16)36/h5-12H,1-4H3/i9D,10D. The van der Waals surface area contributed by atoms with Gasteiger partial charge in [-0.1, -0.05) is 0 Å². The van der Waals surface area contributed by atoms with Gasteiger partial charge in [0.25, 0.3) is 23.6 Å². The number of imide groups is 4. The zero-order valence-corrected chi connectivity index (χ0v) is 25.6. The molecule has 212 valence electrons. The van der Waals surface area contributed by atoms with Gasteiger partial charge in [-0.2, -0.15) is 0 Å². The highest BCUT2D eigenvalue weighted by Crippen LogP contribution is 2.45. The first-order valence-electron chi connectivity index (χ1n) is 13.2. The summed E-state index contributed by atoms with van der Waals surface area (Å²) in [6.07, 6.45) is 0. The number of rotatable bonds is 4. The Bertz CT molecular complexity index is 1830. The number of urea groups is 2. The van der Waals surface area contributed by atoms with Gasteiger partial charge in [0, 0.05) is 66.9 Å². The summed E-state index contributed by atoms with van der Waals surface area (Å²) in [6.45, 7) is 0. The molecule has 2 aliphatic heterocycles. The Morgan fingerprint density at radius 3 is 1.19 bits per heavy atom. The number of barbiturate groups is 2. The minimum atomic E-state index is -0.806. The van der Waals surface area contributed by atoms with E-state index < -0.39 is 35.7 Å². The molecule has 0 atom stereocenters. The van der Waals surface area contributed by atoms with E-state index >= 15 is 0 Å². The molecule has 0 radical (unpaired) electrons. The predicted octanol–water partition coefficient (Wildman–Crippen LogP) is 5.29. The normalized spacial score (nSPS) is 17.2. The van der Waals surface area contributed by atoms with Gasteiger partial charge in [-0.3, -0.25) is 38.8 Å². The first kappa shape index (κ1) is 25.5. The lowest BCUT2D eigenvalue weighted by Crippen LogP contribution is -2.52. The van der Waals surface area contributed by atoms with Crippen LogP contribution in [0.4, 0.5) is 9.59 Å². The topological polar surface area (TPSA) is 115 Å². The van der Waals surface area contributed by atoms with E-state index in [-0.39, 0.29) is 23.3 Å². The van der Waals surface area contributed by atoms with Crippen LogP contribution < -0.4 is 0 Å². The predicted molar refractivity (Wildman–Crippen MR) is 164 cm³/mol. The third-order valence-electron chi connectivity index (χ3n) is 6.62. The maximum atomic E-state index is 12.6. The van der Waals surface area contributed by atoms with Gasteiger partial charge in [0.1, 0.15) is 11.1 Å². The molecule has 0 bridgehead atoms. The van der Waals surface area contributed by atoms with Crippen molar-refractivity contribution < 1.29 is 31.5 Å². The van der Waals surface area contributed by atoms with Crippen molar-refractivity contribution in [3.63, 3.8) is 0 Å². The summed E-state index contributed by atoms with van der Waals surface area (Å²) in [7, 11) is 5.08. The van der Waals surface area contributed by atoms with E-state index in [0.29, 0.717) is 9.75 Å². The van der Waals surface area contributed by atoms with Crippen molar-refractivity contribution in [3.05, 3.63) is 57.3 Å². The molecule has 2 aliphatic rings. The Kier molecular flexibility index (Phi) is 6.21. The van der Waals surface area contributed by atoms with Gasteiger partial charge >= 0.3 is 12.1 Å². The minimum absolute atomic E-state index is 0.234. The van der Waals surface area contributed by atoms with Crippen molar-refractivity contribution in [2.75, 3.05) is 28.2 Å². The van der Waals surface area contributed by atoms with Crippen LogP contribution in [0.5, 0.6) is 0 Å². The Hall–Kier alpha value is -4.24. The maximum Gasteiger partial charge on any atom is 0.333 e. The van der Waals surface area contributed by atoms with Crippen LogP contribution in [0.1, 0.15) is 12.5 Å². The van der Waals surface area contributed by atoms with E-state index in [1.54, 1.807) is 34.8 Å². The number of likely N-dealkylation sites (N-methyl/N-ethyl adjacent to an activating group) is 4. The molecular formula is C28H20N4O6S4. The second kappa shape index (κ2) is 10.2. The van der Waals surface area contributed by atoms with Gasteiger partial charge in [-0.05, 0) is 48.5 Å². The number of amides is 8. The number of hydrogen-bond donors (Lipinski definition) is 0. The molecule has 4 aromatic heterocycles. The molecule has 0 saturated carbocycles. The van der Waals surface area contributed by atoms with Gasteiger partial charge < -0.3 is 0 Å². The first-order valence-corrected chi connectivity index (χ1v) is 15.4. The van der Waals surface area contributed by atoms with Crippen LogP contribution in [-0.2, 0) is 19.2 Å². The summed E-state index contributed by atoms with van der Waals surface area (Å²) in [6, 6.07) is 9.09. The quantitative estimate of drug-likeness (QED) is 0.222. The Labute approximate surface area is 257 Å². The third kappa shape index (κ3) is 4.52. The molecule has 42 heavy (non-hydrogen) atoms. The number of nitrogens with zero attached hydrogens (tertiary/aromatic N) is 4. The summed E-state index contributed by atoms with van der Waals surface area (Å²) in [4.78, 5) is 82.3. The zero-order valence-electron chi connectivity index (χ0n) is 24.3. The molecular weight excluding hydrogens is 617 g/mol. The molecule has 14 heteroatoms. The van der Waals surface area contributed by atoms with Crippen molar-refractivity contribution in [2.45, 2.75) is 0 Å². The fraction of sp³-hybridized carbons (Fsp3) is 0.143. The summed E-state index contributed by atoms with van der Waals surface area (Å²) in [5, 5.41) is 0. The average Bonchev–Trinajstić information content (AvgIpc) is 3.80. The lowest BCUT2D eigenvalue weighted by atomic mass is 10.1. The minimum Gasteiger partial charge on any atom is -0.268 e. The fourth-order valence-electron chi connectivity index (χ4n) is 4.27. The number of carbonyl (C=O) groups excluding carboxylic acids is 6. The molecule has 4 aromatic rings. The van der Waals surface area contributed by atoms with Crippen molar-refractivity contribution in [1.82, 2.24) is 19.6 Å². The molecule has 0 spiro atoms. The van der Waals surface area contributed by atoms with Crippen molar-refractivity contribution >= 4 is 103 Å². The Morgan fingerprint density at radius 2 is 0.857 bits per heavy atom. The molecule has 0 aliphatic carbocycles. The van der Waals surface area contributed by atoms with Crippen molar-refractivity contribution in [2.24, 2.45) is 0 Å². The number of fused-ring (bicyclic) bond motifs is 1. The summed E-state index contributed by atoms with van der Waals surface area (Å²) >= 11 is 5.62. The van der Waals surface area contributed by atoms with E-state index in [1.165, 1.54) is 50.9 Å². The number of thiophene rings is 4. The van der Waals surface area contributed by atoms with Crippen molar-refractivity contribution in [3.8, 4) is 19.5 Å². The number of carbonyl (C=O) groups is 6. The molecule has 10 nitrogen and oxygen atoms in total. The molecule has 8 amide bonds. The van der Waals surface area contributed by atoms with Gasteiger partial charge in [-0.15, -0.1) is 45.3 Å². The smallest absolute Gasteiger partial charge is 0.268 e. The third-order valence-corrected chi connectivity index (χ3v) is 11.3. The largest absolute Gasteiger partial charge is 0.333 e. The monoisotopic (exact) mass is 638 g/mol. The Morgan fingerprint density at radius 1 is 0.524 bits per heavy atom. The first-order chi connectivity index (χ1) is 20.8. The van der Waals surface area contributed by atoms with E-state index in [0.717, 1.165) is 48.5 Å². The van der Waals surface area contributed by atoms with E-state index in [9.17, 15) is 28.8 Å². The van der Waals surface area contributed by atoms with Crippen molar-refractivity contribution in [1.29, 1.82) is 0 Å². The highest BCUT2D eigenvalue weighted by Gasteiger charge is 2.39. The summed E-state index contributed by atoms with van der Waals surface area (Å²) < 4.78 is 19.1. The van der Waals surface area contributed by atoms with Crippen LogP contribution in [0.15, 0.2) is 47.5 Å². The van der Waals surface area contributed by atoms with E-state index in [1.807, 2.05) is 24.3 Å². The van der Waals surface area contributed by atoms with Crippen LogP contribution in [0, 0.1) is 0 Å². The van der Waals surface area contributed by atoms with E-state index in [2.05, 4.69) is 0 Å². The van der Waals surface area contributed by atoms with Gasteiger partial charge in [0.15, 0.2) is 0 Å². The molecule has 0 unspecified atom stereocenters. The second-order valence-corrected chi connectivity index (χ2v) is 13.6. The lowest BCUT2D eigenvalue weighted by Gasteiger charge is -2.28. The highest BCUT2D eigenvalue weighted by molar-refractivity contribution is 7.33. The van der Waals surface area contributed by atoms with Crippen LogP contribution in [0.25, 0.3) is 41.0 Å². The van der Waals surface area contributed by atoms with Crippen LogP contribution >= 0.6 is 45.3 Å². The fourth-order valence-corrected chi connectivity index (χ4v) is 8.64. The molecule has 0 N–H and O–H groups in total. The highest BCUT2D eigenvalue weighted by atomic mass is 32.1. The second-order valence-electron chi connectivity index (χ2n) is 9.30. The van der Waals surface area contributed by atoms with Crippen LogP contribution in [0.2, 0.25) is 0 Å². The van der Waals surface area contributed by atoms with Crippen LogP contribution in [0.3, 0.4) is 0 Å². The van der Waals surface area contributed by atoms with E-state index in [4.69, 9.17) is 2.74 Å². The summed E-state index contributed by atoms with van der Waals surface area (Å²) in [5.41, 5.74) is -0.710. The summed E-state index contributed by atoms with van der Waals surface area (Å²) in [5.74, 6) is -3.22.